The summed E-state index contributed by atoms with van der Waals surface area (Å²) in [6, 6.07) is 15.4. The van der Waals surface area contributed by atoms with Gasteiger partial charge >= 0.3 is 5.97 Å². The average Bonchev–Trinajstić information content (AvgIpc) is 2.75. The van der Waals surface area contributed by atoms with Crippen LogP contribution in [0.3, 0.4) is 0 Å². The number of allylic oxidation sites excluding steroid dienone is 1. The number of hydrogen-bond donors (Lipinski definition) is 1. The Morgan fingerprint density at radius 1 is 1.03 bits per heavy atom. The Labute approximate surface area is 191 Å². The second kappa shape index (κ2) is 9.54. The summed E-state index contributed by atoms with van der Waals surface area (Å²) in [5.41, 5.74) is 5.74. The molecule has 1 saturated heterocycles. The zero-order chi connectivity index (χ0) is 21.1. The molecule has 4 nitrogen and oxygen atoms in total. The van der Waals surface area contributed by atoms with Crippen molar-refractivity contribution in [3.63, 3.8) is 0 Å². The van der Waals surface area contributed by atoms with Crippen molar-refractivity contribution >= 4 is 44.8 Å². The van der Waals surface area contributed by atoms with E-state index < -0.39 is 5.97 Å². The predicted molar refractivity (Wildman–Crippen MR) is 127 cm³/mol. The van der Waals surface area contributed by atoms with Crippen molar-refractivity contribution in [1.82, 2.24) is 4.90 Å². The van der Waals surface area contributed by atoms with Crippen LogP contribution in [-0.4, -0.2) is 47.1 Å². The fraction of sp³-hybridized carbons (Fsp3) is 0.375. The largest absolute Gasteiger partial charge is 0.478 e. The highest BCUT2D eigenvalue weighted by Gasteiger charge is 2.27. The van der Waals surface area contributed by atoms with E-state index in [1.54, 1.807) is 17.7 Å². The van der Waals surface area contributed by atoms with Crippen LogP contribution < -0.4 is 4.90 Å². The minimum Gasteiger partial charge on any atom is -0.478 e. The Morgan fingerprint density at radius 3 is 2.40 bits per heavy atom. The Morgan fingerprint density at radius 2 is 1.73 bits per heavy atom. The number of halogens is 2. The lowest BCUT2D eigenvalue weighted by Crippen LogP contribution is -2.51. The van der Waals surface area contributed by atoms with Crippen molar-refractivity contribution < 1.29 is 9.90 Å². The molecule has 0 saturated carbocycles. The number of aromatic carboxylic acids is 1. The number of carboxylic acids is 1. The molecule has 0 radical (unpaired) electrons. The first-order chi connectivity index (χ1) is 14.5. The third-order valence-electron chi connectivity index (χ3n) is 6.04. The van der Waals surface area contributed by atoms with Crippen LogP contribution in [0.2, 0.25) is 5.02 Å². The van der Waals surface area contributed by atoms with Gasteiger partial charge in [0, 0.05) is 36.9 Å². The number of nitrogens with zero attached hydrogens (tertiary/aromatic N) is 2. The SMILES string of the molecule is O=C(O)c1ccc(N2CCN(CC3=C(c4ccc(Cl)cc4)CCCC3)C[C@@H]2Br)cc1. The predicted octanol–water partition coefficient (Wildman–Crippen LogP) is 5.91. The summed E-state index contributed by atoms with van der Waals surface area (Å²) in [6.07, 6.45) is 4.83. The van der Waals surface area contributed by atoms with Gasteiger partial charge in [-0.1, -0.05) is 45.2 Å². The lowest BCUT2D eigenvalue weighted by molar-refractivity contribution is 0.0697. The fourth-order valence-electron chi connectivity index (χ4n) is 4.43. The number of alkyl halides is 1. The molecule has 4 rings (SSSR count). The van der Waals surface area contributed by atoms with E-state index in [0.717, 1.165) is 43.3 Å². The average molecular weight is 490 g/mol. The maximum atomic E-state index is 11.1. The summed E-state index contributed by atoms with van der Waals surface area (Å²) in [6.45, 7) is 3.83. The van der Waals surface area contributed by atoms with Gasteiger partial charge in [0.15, 0.2) is 0 Å². The molecule has 1 aliphatic heterocycles. The first-order valence-corrected chi connectivity index (χ1v) is 11.7. The Hall–Kier alpha value is -1.82. The number of piperazine rings is 1. The molecular formula is C24H26BrClN2O2. The van der Waals surface area contributed by atoms with E-state index in [4.69, 9.17) is 16.7 Å². The number of anilines is 1. The topological polar surface area (TPSA) is 43.8 Å². The lowest BCUT2D eigenvalue weighted by Gasteiger charge is -2.41. The van der Waals surface area contributed by atoms with Crippen LogP contribution in [0, 0.1) is 0 Å². The lowest BCUT2D eigenvalue weighted by atomic mass is 9.87. The smallest absolute Gasteiger partial charge is 0.335 e. The molecule has 30 heavy (non-hydrogen) atoms. The van der Waals surface area contributed by atoms with Gasteiger partial charge in [0.2, 0.25) is 0 Å². The minimum absolute atomic E-state index is 0.199. The van der Waals surface area contributed by atoms with Crippen molar-refractivity contribution in [2.75, 3.05) is 31.1 Å². The normalized spacial score (nSPS) is 20.5. The number of rotatable bonds is 5. The zero-order valence-electron chi connectivity index (χ0n) is 16.9. The van der Waals surface area contributed by atoms with Gasteiger partial charge in [-0.2, -0.15) is 0 Å². The molecule has 158 valence electrons. The van der Waals surface area contributed by atoms with Crippen LogP contribution >= 0.6 is 27.5 Å². The third kappa shape index (κ3) is 4.90. The second-order valence-corrected chi connectivity index (χ2v) is 9.50. The summed E-state index contributed by atoms with van der Waals surface area (Å²) in [5.74, 6) is -0.890. The van der Waals surface area contributed by atoms with Gasteiger partial charge in [-0.3, -0.25) is 4.90 Å². The summed E-state index contributed by atoms with van der Waals surface area (Å²) in [4.78, 5) is 16.1. The monoisotopic (exact) mass is 488 g/mol. The summed E-state index contributed by atoms with van der Waals surface area (Å²) < 4.78 is 0. The van der Waals surface area contributed by atoms with Crippen LogP contribution in [0.5, 0.6) is 0 Å². The van der Waals surface area contributed by atoms with Crippen LogP contribution in [0.1, 0.15) is 41.6 Å². The summed E-state index contributed by atoms with van der Waals surface area (Å²) >= 11 is 9.93. The van der Waals surface area contributed by atoms with Crippen molar-refractivity contribution in [3.8, 4) is 0 Å². The van der Waals surface area contributed by atoms with Gasteiger partial charge in [-0.15, -0.1) is 0 Å². The molecule has 1 fully saturated rings. The zero-order valence-corrected chi connectivity index (χ0v) is 19.2. The molecule has 2 aliphatic rings. The quantitative estimate of drug-likeness (QED) is 0.419. The highest BCUT2D eigenvalue weighted by atomic mass is 79.9. The highest BCUT2D eigenvalue weighted by Crippen LogP contribution is 2.34. The molecule has 2 aromatic carbocycles. The number of carboxylic acid groups (broad SMARTS) is 1. The second-order valence-electron chi connectivity index (χ2n) is 8.01. The minimum atomic E-state index is -0.890. The van der Waals surface area contributed by atoms with Gasteiger partial charge in [0.05, 0.1) is 10.5 Å². The highest BCUT2D eigenvalue weighted by molar-refractivity contribution is 9.09. The Balaban J connectivity index is 1.44. The van der Waals surface area contributed by atoms with E-state index in [1.807, 2.05) is 24.3 Å². The molecule has 6 heteroatoms. The maximum Gasteiger partial charge on any atom is 0.335 e. The van der Waals surface area contributed by atoms with Gasteiger partial charge in [0.1, 0.15) is 0 Å². The van der Waals surface area contributed by atoms with E-state index in [-0.39, 0.29) is 4.95 Å². The summed E-state index contributed by atoms with van der Waals surface area (Å²) in [5, 5.41) is 9.89. The van der Waals surface area contributed by atoms with E-state index in [2.05, 4.69) is 37.9 Å². The van der Waals surface area contributed by atoms with E-state index >= 15 is 0 Å². The van der Waals surface area contributed by atoms with E-state index in [9.17, 15) is 4.79 Å². The molecule has 1 aliphatic carbocycles. The Bertz CT molecular complexity index is 927. The molecule has 1 heterocycles. The maximum absolute atomic E-state index is 11.1. The van der Waals surface area contributed by atoms with Gasteiger partial charge < -0.3 is 10.0 Å². The van der Waals surface area contributed by atoms with Crippen molar-refractivity contribution in [2.24, 2.45) is 0 Å². The van der Waals surface area contributed by atoms with Crippen molar-refractivity contribution in [1.29, 1.82) is 0 Å². The summed E-state index contributed by atoms with van der Waals surface area (Å²) in [7, 11) is 0. The van der Waals surface area contributed by atoms with Crippen LogP contribution in [0.25, 0.3) is 5.57 Å². The third-order valence-corrected chi connectivity index (χ3v) is 7.08. The standard InChI is InChI=1S/C24H26BrClN2O2/c25-23-16-27(13-14-28(23)21-11-7-18(8-12-21)24(29)30)15-19-3-1-2-4-22(19)17-5-9-20(26)10-6-17/h5-12,23H,1-4,13-16H2,(H,29,30)/t23-/m1/s1. The van der Waals surface area contributed by atoms with E-state index in [0.29, 0.717) is 5.56 Å². The molecule has 0 amide bonds. The van der Waals surface area contributed by atoms with Gasteiger partial charge in [-0.25, -0.2) is 4.79 Å². The molecule has 0 aromatic heterocycles. The number of benzene rings is 2. The van der Waals surface area contributed by atoms with E-state index in [1.165, 1.54) is 30.4 Å². The van der Waals surface area contributed by atoms with Gasteiger partial charge in [0.25, 0.3) is 0 Å². The van der Waals surface area contributed by atoms with Crippen LogP contribution in [-0.2, 0) is 0 Å². The van der Waals surface area contributed by atoms with Crippen LogP contribution in [0.15, 0.2) is 54.1 Å². The molecule has 0 bridgehead atoms. The van der Waals surface area contributed by atoms with Gasteiger partial charge in [-0.05, 0) is 73.2 Å². The molecule has 1 atom stereocenters. The molecular weight excluding hydrogens is 464 g/mol. The number of hydrogen-bond acceptors (Lipinski definition) is 3. The molecule has 0 spiro atoms. The molecule has 0 unspecified atom stereocenters. The Kier molecular flexibility index (Phi) is 6.81. The van der Waals surface area contributed by atoms with Crippen molar-refractivity contribution in [2.45, 2.75) is 30.6 Å². The fourth-order valence-corrected chi connectivity index (χ4v) is 5.41. The number of carbonyl (C=O) groups is 1. The first-order valence-electron chi connectivity index (χ1n) is 10.4. The first kappa shape index (κ1) is 21.4. The molecule has 1 N–H and O–H groups in total. The van der Waals surface area contributed by atoms with Crippen LogP contribution in [0.4, 0.5) is 5.69 Å². The van der Waals surface area contributed by atoms with Crippen molar-refractivity contribution in [3.05, 3.63) is 70.3 Å². The molecule has 2 aromatic rings.